The van der Waals surface area contributed by atoms with Crippen LogP contribution >= 0.6 is 0 Å². The summed E-state index contributed by atoms with van der Waals surface area (Å²) in [7, 11) is 0. The molecule has 212 valence electrons. The van der Waals surface area contributed by atoms with Gasteiger partial charge in [0, 0.05) is 54.7 Å². The van der Waals surface area contributed by atoms with E-state index in [0.717, 1.165) is 54.5 Å². The van der Waals surface area contributed by atoms with E-state index in [1.807, 2.05) is 25.3 Å². The van der Waals surface area contributed by atoms with Crippen molar-refractivity contribution in [3.8, 4) is 0 Å². The number of carbonyl (C=O) groups is 2. The Balaban J connectivity index is 1.16. The average molecular weight is 555 g/mol. The average Bonchev–Trinajstić information content (AvgIpc) is 3.77. The van der Waals surface area contributed by atoms with Gasteiger partial charge in [0.1, 0.15) is 0 Å². The topological polar surface area (TPSA) is 62.5 Å². The van der Waals surface area contributed by atoms with E-state index in [4.69, 9.17) is 4.74 Å². The zero-order chi connectivity index (χ0) is 28.3. The van der Waals surface area contributed by atoms with Crippen molar-refractivity contribution in [1.29, 1.82) is 0 Å². The maximum Gasteiger partial charge on any atom is 0.416 e. The Bertz CT molecular complexity index is 1360. The van der Waals surface area contributed by atoms with Gasteiger partial charge in [0.15, 0.2) is 18.9 Å². The number of nitrogens with one attached hydrogen (secondary N) is 1. The molecule has 1 saturated carbocycles. The number of hydrogen-bond acceptors (Lipinski definition) is 3. The lowest BCUT2D eigenvalue weighted by molar-refractivity contribution is -0.702. The van der Waals surface area contributed by atoms with E-state index in [0.29, 0.717) is 43.6 Å². The molecule has 6 nitrogen and oxygen atoms in total. The molecule has 1 N–H and O–H groups in total. The molecule has 2 heterocycles. The summed E-state index contributed by atoms with van der Waals surface area (Å²) in [5.41, 5.74) is 1.10. The van der Waals surface area contributed by atoms with Crippen molar-refractivity contribution in [1.82, 2.24) is 10.2 Å². The molecule has 1 aromatic heterocycles. The number of rotatable bonds is 9. The number of ether oxygens (including phenoxy) is 1. The number of carbonyl (C=O) groups excluding carboxylic acids is 2. The third-order valence-electron chi connectivity index (χ3n) is 7.95. The summed E-state index contributed by atoms with van der Waals surface area (Å²) >= 11 is 0. The van der Waals surface area contributed by atoms with Crippen molar-refractivity contribution < 1.29 is 32.1 Å². The standard InChI is InChI=1S/C31H34F3N3O3/c1-21-27(29(38)35-13-17-40-20-23-2-3-23)9-6-24-12-14-36(19-28(21)24)18-22-10-15-37(16-11-22)30(39)25-4-7-26(8-5-25)31(32,33)34/h4-9,12,14,19,22-23H,2-3,10-11,13,15-18,20H2,1H3/p+1. The van der Waals surface area contributed by atoms with Crippen LogP contribution in [0.4, 0.5) is 13.2 Å². The number of alkyl halides is 3. The summed E-state index contributed by atoms with van der Waals surface area (Å²) in [5, 5.41) is 5.05. The molecule has 3 aromatic rings. The van der Waals surface area contributed by atoms with Gasteiger partial charge in [-0.3, -0.25) is 9.59 Å². The highest BCUT2D eigenvalue weighted by Gasteiger charge is 2.31. The zero-order valence-electron chi connectivity index (χ0n) is 22.7. The van der Waals surface area contributed by atoms with Crippen LogP contribution in [0.25, 0.3) is 10.8 Å². The summed E-state index contributed by atoms with van der Waals surface area (Å²) in [6.45, 7) is 5.66. The van der Waals surface area contributed by atoms with Crippen molar-refractivity contribution >= 4 is 22.6 Å². The molecule has 1 aliphatic heterocycles. The van der Waals surface area contributed by atoms with Crippen LogP contribution < -0.4 is 9.88 Å². The third-order valence-corrected chi connectivity index (χ3v) is 7.95. The van der Waals surface area contributed by atoms with Crippen LogP contribution in [-0.4, -0.2) is 49.6 Å². The van der Waals surface area contributed by atoms with Gasteiger partial charge >= 0.3 is 6.18 Å². The molecule has 2 fully saturated rings. The lowest BCUT2D eigenvalue weighted by atomic mass is 9.95. The highest BCUT2D eigenvalue weighted by molar-refractivity contribution is 6.01. The fourth-order valence-corrected chi connectivity index (χ4v) is 5.28. The van der Waals surface area contributed by atoms with Gasteiger partial charge in [-0.2, -0.15) is 13.2 Å². The lowest BCUT2D eigenvalue weighted by Crippen LogP contribution is -2.44. The van der Waals surface area contributed by atoms with E-state index in [2.05, 4.69) is 22.1 Å². The van der Waals surface area contributed by atoms with Crippen LogP contribution in [-0.2, 0) is 17.5 Å². The minimum atomic E-state index is -4.42. The molecule has 40 heavy (non-hydrogen) atoms. The van der Waals surface area contributed by atoms with Crippen LogP contribution in [0.1, 0.15) is 57.5 Å². The highest BCUT2D eigenvalue weighted by atomic mass is 19.4. The number of likely N-dealkylation sites (tertiary alicyclic amines) is 1. The van der Waals surface area contributed by atoms with Crippen molar-refractivity contribution in [2.24, 2.45) is 11.8 Å². The summed E-state index contributed by atoms with van der Waals surface area (Å²) in [6, 6.07) is 10.3. The molecule has 0 unspecified atom stereocenters. The lowest BCUT2D eigenvalue weighted by Gasteiger charge is -2.31. The summed E-state index contributed by atoms with van der Waals surface area (Å²) in [4.78, 5) is 27.4. The zero-order valence-corrected chi connectivity index (χ0v) is 22.7. The van der Waals surface area contributed by atoms with E-state index < -0.39 is 11.7 Å². The number of amides is 2. The van der Waals surface area contributed by atoms with E-state index in [1.54, 1.807) is 4.90 Å². The van der Waals surface area contributed by atoms with Gasteiger partial charge in [-0.25, -0.2) is 4.57 Å². The van der Waals surface area contributed by atoms with Crippen LogP contribution in [0.2, 0.25) is 0 Å². The summed E-state index contributed by atoms with van der Waals surface area (Å²) in [6.07, 6.45) is 3.80. The van der Waals surface area contributed by atoms with Gasteiger partial charge in [-0.05, 0) is 79.8 Å². The number of halogens is 3. The van der Waals surface area contributed by atoms with E-state index in [9.17, 15) is 22.8 Å². The first-order valence-corrected chi connectivity index (χ1v) is 13.9. The summed E-state index contributed by atoms with van der Waals surface area (Å²) in [5.74, 6) is 0.728. The molecule has 2 aromatic carbocycles. The number of nitrogens with zero attached hydrogens (tertiary/aromatic N) is 2. The second-order valence-electron chi connectivity index (χ2n) is 11.0. The number of aryl methyl sites for hydroxylation is 1. The quantitative estimate of drug-likeness (QED) is 0.294. The van der Waals surface area contributed by atoms with Gasteiger partial charge in [-0.15, -0.1) is 0 Å². The predicted octanol–water partition coefficient (Wildman–Crippen LogP) is 5.16. The van der Waals surface area contributed by atoms with Gasteiger partial charge < -0.3 is 15.0 Å². The smallest absolute Gasteiger partial charge is 0.379 e. The Labute approximate surface area is 232 Å². The number of aromatic nitrogens is 1. The van der Waals surface area contributed by atoms with Crippen LogP contribution in [0.3, 0.4) is 0 Å². The number of piperidine rings is 1. The molecule has 2 amide bonds. The molecule has 5 rings (SSSR count). The van der Waals surface area contributed by atoms with Gasteiger partial charge in [-0.1, -0.05) is 6.07 Å². The summed E-state index contributed by atoms with van der Waals surface area (Å²) < 4.78 is 46.2. The van der Waals surface area contributed by atoms with Crippen LogP contribution in [0.5, 0.6) is 0 Å². The number of pyridine rings is 1. The number of hydrogen-bond donors (Lipinski definition) is 1. The second kappa shape index (κ2) is 12.0. The fourth-order valence-electron chi connectivity index (χ4n) is 5.28. The SMILES string of the molecule is Cc1c(C(=O)NCCOCC2CC2)ccc2cc[n+](CC3CCN(C(=O)c4ccc(C(F)(F)F)cc4)CC3)cc12. The highest BCUT2D eigenvalue weighted by Crippen LogP contribution is 2.30. The maximum absolute atomic E-state index is 12.8. The molecule has 0 radical (unpaired) electrons. The van der Waals surface area contributed by atoms with Gasteiger partial charge in [0.2, 0.25) is 0 Å². The van der Waals surface area contributed by atoms with Crippen LogP contribution in [0, 0.1) is 18.8 Å². The Morgan fingerprint density at radius 2 is 1.73 bits per heavy atom. The second-order valence-corrected chi connectivity index (χ2v) is 11.0. The molecule has 0 bridgehead atoms. The van der Waals surface area contributed by atoms with Crippen molar-refractivity contribution in [3.05, 3.63) is 77.1 Å². The molecular weight excluding hydrogens is 519 g/mol. The molecule has 0 spiro atoms. The van der Waals surface area contributed by atoms with E-state index in [-0.39, 0.29) is 17.4 Å². The van der Waals surface area contributed by atoms with Gasteiger partial charge in [0.05, 0.1) is 12.2 Å². The van der Waals surface area contributed by atoms with E-state index >= 15 is 0 Å². The Kier molecular flexibility index (Phi) is 8.40. The molecule has 2 aliphatic rings. The molecule has 1 aliphatic carbocycles. The first-order chi connectivity index (χ1) is 19.2. The molecule has 1 saturated heterocycles. The minimum absolute atomic E-state index is 0.102. The molecule has 0 atom stereocenters. The predicted molar refractivity (Wildman–Crippen MR) is 145 cm³/mol. The monoisotopic (exact) mass is 554 g/mol. The Morgan fingerprint density at radius 1 is 1.00 bits per heavy atom. The van der Waals surface area contributed by atoms with Gasteiger partial charge in [0.25, 0.3) is 11.8 Å². The largest absolute Gasteiger partial charge is 0.416 e. The first-order valence-electron chi connectivity index (χ1n) is 13.9. The van der Waals surface area contributed by atoms with E-state index in [1.165, 1.54) is 25.0 Å². The Hall–Kier alpha value is -3.46. The maximum atomic E-state index is 12.8. The number of benzene rings is 2. The normalized spacial score (nSPS) is 16.4. The first kappa shape index (κ1) is 28.1. The van der Waals surface area contributed by atoms with Crippen molar-refractivity contribution in [2.45, 2.75) is 45.3 Å². The Morgan fingerprint density at radius 3 is 2.40 bits per heavy atom. The van der Waals surface area contributed by atoms with Crippen molar-refractivity contribution in [2.75, 3.05) is 32.8 Å². The molecule has 9 heteroatoms. The minimum Gasteiger partial charge on any atom is -0.379 e. The third kappa shape index (κ3) is 6.81. The fraction of sp³-hybridized carbons (Fsp3) is 0.452. The van der Waals surface area contributed by atoms with Crippen molar-refractivity contribution in [3.63, 3.8) is 0 Å². The number of fused-ring (bicyclic) bond motifs is 1. The molecular formula is C31H35F3N3O3+. The van der Waals surface area contributed by atoms with Crippen LogP contribution in [0.15, 0.2) is 54.9 Å².